The molecule has 568 valence electrons. The van der Waals surface area contributed by atoms with Gasteiger partial charge in [-0.05, 0) is 215 Å². The van der Waals surface area contributed by atoms with Crippen molar-refractivity contribution in [2.75, 3.05) is 134 Å². The third kappa shape index (κ3) is 20.9. The van der Waals surface area contributed by atoms with Gasteiger partial charge in [-0.25, -0.2) is 0 Å². The number of nitrogens with zero attached hydrogens (tertiary/aromatic N) is 10. The minimum Gasteiger partial charge on any atom is -0.378 e. The van der Waals surface area contributed by atoms with E-state index in [1.54, 1.807) is 6.92 Å². The summed E-state index contributed by atoms with van der Waals surface area (Å²) in [5.74, 6) is 0.643. The van der Waals surface area contributed by atoms with Crippen molar-refractivity contribution in [3.05, 3.63) is 229 Å². The van der Waals surface area contributed by atoms with Gasteiger partial charge in [-0.1, -0.05) is 109 Å². The molecule has 4 amide bonds. The van der Waals surface area contributed by atoms with E-state index in [4.69, 9.17) is 9.47 Å². The molecule has 16 heteroatoms. The number of rotatable bonds is 17. The maximum absolute atomic E-state index is 13.2. The van der Waals surface area contributed by atoms with Crippen LogP contribution >= 0.6 is 0 Å². The number of benzene rings is 8. The lowest BCUT2D eigenvalue weighted by Gasteiger charge is -2.43. The molecule has 0 bridgehead atoms. The standard InChI is InChI=1S/2C25H33N3O2.C25H28N2O.C16H24N2O/c2*1-20(2)28(23-7-4-3-5-8-23)24-9-6-14-27(19-24)25(29)21-10-12-22(13-11-21)26-15-17-30-18-16-26;1-19(2)27(24-14-8-12-20-9-6-7-13-23(20)24)22-15-17-26(18-16-22)25(28)21-10-4-3-5-11-21;1-13(2)18(15-7-5-4-6-8-15)16-9-11-17(12-10-16)14(3)19/h2*3-5,7-8,10-13,20,24H,6,9,14-19H2,1-2H3;3-14,19,22H,15-18H2,1-2H3;4-8,13,16H,9-12H2,1-3H3/t2*24-;;/m10../s1. The molecule has 0 aliphatic carbocycles. The molecule has 16 nitrogen and oxygen atoms in total. The van der Waals surface area contributed by atoms with Crippen molar-refractivity contribution in [1.29, 1.82) is 0 Å². The third-order valence-corrected chi connectivity index (χ3v) is 22.0. The Kier molecular flexibility index (Phi) is 28.6. The molecule has 8 aromatic rings. The van der Waals surface area contributed by atoms with Gasteiger partial charge in [-0.3, -0.25) is 19.2 Å². The third-order valence-electron chi connectivity index (χ3n) is 22.0. The van der Waals surface area contributed by atoms with Crippen molar-refractivity contribution in [1.82, 2.24) is 19.6 Å². The Balaban J connectivity index is 0.000000144. The van der Waals surface area contributed by atoms with Gasteiger partial charge in [0.2, 0.25) is 5.91 Å². The molecular weight excluding hydrogens is 1330 g/mol. The number of fused-ring (bicyclic) bond motifs is 1. The number of morpholine rings is 2. The number of para-hydroxylation sites is 3. The van der Waals surface area contributed by atoms with E-state index in [-0.39, 0.29) is 23.6 Å². The molecule has 14 rings (SSSR count). The second kappa shape index (κ2) is 38.9. The van der Waals surface area contributed by atoms with Gasteiger partial charge in [0.05, 0.1) is 26.4 Å². The number of ether oxygens (including phenoxy) is 2. The van der Waals surface area contributed by atoms with E-state index in [1.807, 2.05) is 74.2 Å². The number of carbonyl (C=O) groups is 4. The summed E-state index contributed by atoms with van der Waals surface area (Å²) in [7, 11) is 0. The topological polar surface area (TPSA) is 119 Å². The van der Waals surface area contributed by atoms with Crippen molar-refractivity contribution in [3.63, 3.8) is 0 Å². The fourth-order valence-electron chi connectivity index (χ4n) is 16.9. The molecule has 6 heterocycles. The number of hydrogen-bond acceptors (Lipinski definition) is 12. The molecule has 0 spiro atoms. The highest BCUT2D eigenvalue weighted by molar-refractivity contribution is 5.97. The van der Waals surface area contributed by atoms with Gasteiger partial charge in [-0.2, -0.15) is 0 Å². The minimum absolute atomic E-state index is 0.144. The first-order valence-corrected chi connectivity index (χ1v) is 39.8. The Morgan fingerprint density at radius 2 is 0.664 bits per heavy atom. The van der Waals surface area contributed by atoms with Crippen LogP contribution in [0.5, 0.6) is 0 Å². The summed E-state index contributed by atoms with van der Waals surface area (Å²) in [6, 6.07) is 76.1. The van der Waals surface area contributed by atoms with Gasteiger partial charge < -0.3 is 58.5 Å². The number of likely N-dealkylation sites (tertiary alicyclic amines) is 4. The lowest BCUT2D eigenvalue weighted by Crippen LogP contribution is -2.52. The second-order valence-electron chi connectivity index (χ2n) is 30.5. The van der Waals surface area contributed by atoms with E-state index in [0.717, 1.165) is 173 Å². The Morgan fingerprint density at radius 3 is 1.07 bits per heavy atom. The molecule has 0 unspecified atom stereocenters. The summed E-state index contributed by atoms with van der Waals surface area (Å²) in [5, 5.41) is 2.59. The number of anilines is 6. The smallest absolute Gasteiger partial charge is 0.253 e. The molecule has 6 aliphatic heterocycles. The summed E-state index contributed by atoms with van der Waals surface area (Å²) in [6.45, 7) is 32.9. The molecule has 107 heavy (non-hydrogen) atoms. The molecule has 8 aromatic carbocycles. The Bertz CT molecular complexity index is 3860. The summed E-state index contributed by atoms with van der Waals surface area (Å²) in [6.07, 6.45) is 8.44. The first kappa shape index (κ1) is 78.7. The fraction of sp³-hybridized carbons (Fsp3) is 0.451. The predicted molar refractivity (Wildman–Crippen MR) is 441 cm³/mol. The number of carbonyl (C=O) groups excluding carboxylic acids is 4. The summed E-state index contributed by atoms with van der Waals surface area (Å²) in [5.41, 5.74) is 9.76. The van der Waals surface area contributed by atoms with Crippen molar-refractivity contribution < 1.29 is 28.7 Å². The van der Waals surface area contributed by atoms with Gasteiger partial charge in [0.1, 0.15) is 0 Å². The van der Waals surface area contributed by atoms with Gasteiger partial charge >= 0.3 is 0 Å². The van der Waals surface area contributed by atoms with Crippen LogP contribution in [0.25, 0.3) is 10.8 Å². The van der Waals surface area contributed by atoms with E-state index < -0.39 is 0 Å². The van der Waals surface area contributed by atoms with Gasteiger partial charge in [0.25, 0.3) is 17.7 Å². The molecule has 6 aliphatic rings. The second-order valence-corrected chi connectivity index (χ2v) is 30.5. The highest BCUT2D eigenvalue weighted by atomic mass is 16.5. The van der Waals surface area contributed by atoms with Crippen molar-refractivity contribution in [2.24, 2.45) is 0 Å². The maximum atomic E-state index is 13.2. The van der Waals surface area contributed by atoms with Crippen LogP contribution in [0.1, 0.15) is 145 Å². The zero-order chi connectivity index (χ0) is 75.2. The van der Waals surface area contributed by atoms with E-state index >= 15 is 0 Å². The molecule has 0 radical (unpaired) electrons. The van der Waals surface area contributed by atoms with E-state index in [9.17, 15) is 19.2 Å². The van der Waals surface area contributed by atoms with Gasteiger partial charge in [0, 0.05) is 190 Å². The van der Waals surface area contributed by atoms with Crippen LogP contribution < -0.4 is 29.4 Å². The zero-order valence-corrected chi connectivity index (χ0v) is 65.2. The minimum atomic E-state index is 0.144. The summed E-state index contributed by atoms with van der Waals surface area (Å²) in [4.78, 5) is 73.3. The average molecular weight is 1450 g/mol. The highest BCUT2D eigenvalue weighted by Gasteiger charge is 2.34. The lowest BCUT2D eigenvalue weighted by atomic mass is 9.98. The zero-order valence-electron chi connectivity index (χ0n) is 65.2. The van der Waals surface area contributed by atoms with E-state index in [2.05, 4.69) is 243 Å². The summed E-state index contributed by atoms with van der Waals surface area (Å²) >= 11 is 0. The van der Waals surface area contributed by atoms with Crippen LogP contribution in [0, 0.1) is 0 Å². The molecule has 6 saturated heterocycles. The summed E-state index contributed by atoms with van der Waals surface area (Å²) < 4.78 is 10.9. The van der Waals surface area contributed by atoms with Crippen LogP contribution in [0.3, 0.4) is 0 Å². The normalized spacial score (nSPS) is 18.0. The van der Waals surface area contributed by atoms with E-state index in [1.165, 1.54) is 44.9 Å². The monoisotopic (exact) mass is 1450 g/mol. The van der Waals surface area contributed by atoms with Crippen LogP contribution in [0.4, 0.5) is 34.1 Å². The van der Waals surface area contributed by atoms with Crippen molar-refractivity contribution >= 4 is 68.5 Å². The Labute approximate surface area is 638 Å². The van der Waals surface area contributed by atoms with Crippen LogP contribution in [-0.2, 0) is 14.3 Å². The van der Waals surface area contributed by atoms with E-state index in [0.29, 0.717) is 48.3 Å². The molecule has 0 aromatic heterocycles. The lowest BCUT2D eigenvalue weighted by molar-refractivity contribution is -0.129. The fourth-order valence-corrected chi connectivity index (χ4v) is 16.9. The van der Waals surface area contributed by atoms with Crippen molar-refractivity contribution in [2.45, 2.75) is 162 Å². The first-order chi connectivity index (χ1) is 52.0. The van der Waals surface area contributed by atoms with Gasteiger partial charge in [-0.15, -0.1) is 0 Å². The quantitative estimate of drug-likeness (QED) is 0.0863. The maximum Gasteiger partial charge on any atom is 0.253 e. The van der Waals surface area contributed by atoms with Gasteiger partial charge in [0.15, 0.2) is 0 Å². The number of hydrogen-bond donors (Lipinski definition) is 0. The highest BCUT2D eigenvalue weighted by Crippen LogP contribution is 2.35. The number of piperidine rings is 4. The molecule has 0 saturated carbocycles. The van der Waals surface area contributed by atoms with Crippen LogP contribution in [-0.4, -0.2) is 197 Å². The Hall–Kier alpha value is -9.38. The SMILES string of the molecule is CC(=O)N1CCC(N(c2ccccc2)C(C)C)CC1.CC(C)N(c1cccc2ccccc12)C1CCN(C(=O)c2ccccc2)CC1.CC(C)N(c1ccccc1)[C@@H]1CCCN(C(=O)c2ccc(N3CCOCC3)cc2)C1.CC(C)N(c1ccccc1)[C@H]1CCCN(C(=O)c2ccc(N3CCOCC3)cc2)C1. The van der Waals surface area contributed by atoms with Crippen LogP contribution in [0.15, 0.2) is 212 Å². The van der Waals surface area contributed by atoms with Crippen molar-refractivity contribution in [3.8, 4) is 0 Å². The molecular formula is C91H118N10O6. The number of amides is 4. The predicted octanol–water partition coefficient (Wildman–Crippen LogP) is 16.4. The largest absolute Gasteiger partial charge is 0.378 e. The molecule has 0 N–H and O–H groups in total. The molecule has 2 atom stereocenters. The first-order valence-electron chi connectivity index (χ1n) is 39.8. The molecule has 6 fully saturated rings. The average Bonchev–Trinajstić information content (AvgIpc) is 0.800. The van der Waals surface area contributed by atoms with Crippen LogP contribution in [0.2, 0.25) is 0 Å². The Morgan fingerprint density at radius 1 is 0.327 bits per heavy atom.